The molecule has 2 rings (SSSR count). The molecule has 0 saturated carbocycles. The van der Waals surface area contributed by atoms with E-state index in [1.165, 1.54) is 16.7 Å². The minimum atomic E-state index is 0.0513. The highest BCUT2D eigenvalue weighted by Crippen LogP contribution is 2.23. The fourth-order valence-corrected chi connectivity index (χ4v) is 2.56. The molecule has 0 bridgehead atoms. The van der Waals surface area contributed by atoms with Gasteiger partial charge in [-0.05, 0) is 35.6 Å². The molecule has 0 aliphatic heterocycles. The zero-order chi connectivity index (χ0) is 16.7. The van der Waals surface area contributed by atoms with Crippen LogP contribution >= 0.6 is 0 Å². The van der Waals surface area contributed by atoms with Crippen LogP contribution in [0.5, 0.6) is 0 Å². The van der Waals surface area contributed by atoms with Crippen LogP contribution in [0.4, 0.5) is 5.69 Å². The summed E-state index contributed by atoms with van der Waals surface area (Å²) in [7, 11) is 0. The summed E-state index contributed by atoms with van der Waals surface area (Å²) in [4.78, 5) is 12.1. The first-order valence-electron chi connectivity index (χ1n) is 8.22. The molecule has 0 aromatic heterocycles. The van der Waals surface area contributed by atoms with Crippen molar-refractivity contribution in [3.63, 3.8) is 0 Å². The molecule has 0 saturated heterocycles. The standard InChI is InChI=1S/C20H26N2O/c1-15(2)18-10-6-7-11-19(18)22-20(23)12-13-21-14-17-9-5-4-8-16(17)3/h4-11,15,21H,12-14H2,1-3H3,(H,22,23). The molecular formula is C20H26N2O. The van der Waals surface area contributed by atoms with Gasteiger partial charge in [-0.3, -0.25) is 4.79 Å². The predicted molar refractivity (Wildman–Crippen MR) is 96.7 cm³/mol. The van der Waals surface area contributed by atoms with E-state index in [1.54, 1.807) is 0 Å². The highest BCUT2D eigenvalue weighted by atomic mass is 16.1. The second-order valence-corrected chi connectivity index (χ2v) is 6.14. The number of nitrogens with one attached hydrogen (secondary N) is 2. The van der Waals surface area contributed by atoms with Crippen molar-refractivity contribution in [3.05, 3.63) is 65.2 Å². The number of amides is 1. The quantitative estimate of drug-likeness (QED) is 0.751. The molecule has 2 N–H and O–H groups in total. The molecule has 1 amide bonds. The minimum Gasteiger partial charge on any atom is -0.326 e. The van der Waals surface area contributed by atoms with E-state index < -0.39 is 0 Å². The highest BCUT2D eigenvalue weighted by Gasteiger charge is 2.08. The third-order valence-corrected chi connectivity index (χ3v) is 3.96. The normalized spacial score (nSPS) is 10.8. The molecule has 122 valence electrons. The van der Waals surface area contributed by atoms with E-state index >= 15 is 0 Å². The fourth-order valence-electron chi connectivity index (χ4n) is 2.56. The maximum Gasteiger partial charge on any atom is 0.225 e. The summed E-state index contributed by atoms with van der Waals surface area (Å²) < 4.78 is 0. The first-order chi connectivity index (χ1) is 11.1. The highest BCUT2D eigenvalue weighted by molar-refractivity contribution is 5.91. The Bertz CT molecular complexity index is 650. The molecule has 0 unspecified atom stereocenters. The maximum atomic E-state index is 12.1. The van der Waals surface area contributed by atoms with Crippen LogP contribution in [-0.2, 0) is 11.3 Å². The summed E-state index contributed by atoms with van der Waals surface area (Å²) in [5.74, 6) is 0.445. The summed E-state index contributed by atoms with van der Waals surface area (Å²) in [5, 5.41) is 6.36. The van der Waals surface area contributed by atoms with Crippen molar-refractivity contribution < 1.29 is 4.79 Å². The third-order valence-electron chi connectivity index (χ3n) is 3.96. The second-order valence-electron chi connectivity index (χ2n) is 6.14. The summed E-state index contributed by atoms with van der Waals surface area (Å²) in [6, 6.07) is 16.3. The molecule has 3 nitrogen and oxygen atoms in total. The summed E-state index contributed by atoms with van der Waals surface area (Å²) in [6.45, 7) is 7.84. The number of hydrogen-bond donors (Lipinski definition) is 2. The lowest BCUT2D eigenvalue weighted by molar-refractivity contribution is -0.116. The number of carbonyl (C=O) groups is 1. The van der Waals surface area contributed by atoms with Crippen LogP contribution in [0.2, 0.25) is 0 Å². The third kappa shape index (κ3) is 5.22. The SMILES string of the molecule is Cc1ccccc1CNCCC(=O)Nc1ccccc1C(C)C. The van der Waals surface area contributed by atoms with Gasteiger partial charge in [-0.15, -0.1) is 0 Å². The molecule has 0 aliphatic carbocycles. The number of carbonyl (C=O) groups excluding carboxylic acids is 1. The van der Waals surface area contributed by atoms with Crippen LogP contribution in [0, 0.1) is 6.92 Å². The van der Waals surface area contributed by atoms with Gasteiger partial charge in [0.2, 0.25) is 5.91 Å². The second kappa shape index (κ2) is 8.49. The van der Waals surface area contributed by atoms with Crippen molar-refractivity contribution in [2.75, 3.05) is 11.9 Å². The van der Waals surface area contributed by atoms with Crippen molar-refractivity contribution in [3.8, 4) is 0 Å². The number of benzene rings is 2. The van der Waals surface area contributed by atoms with E-state index in [0.717, 1.165) is 12.2 Å². The van der Waals surface area contributed by atoms with Crippen LogP contribution in [0.3, 0.4) is 0 Å². The number of anilines is 1. The van der Waals surface area contributed by atoms with Gasteiger partial charge in [-0.25, -0.2) is 0 Å². The molecule has 23 heavy (non-hydrogen) atoms. The van der Waals surface area contributed by atoms with Crippen molar-refractivity contribution in [2.45, 2.75) is 39.7 Å². The lowest BCUT2D eigenvalue weighted by Crippen LogP contribution is -2.22. The summed E-state index contributed by atoms with van der Waals surface area (Å²) >= 11 is 0. The average Bonchev–Trinajstić information content (AvgIpc) is 2.53. The fraction of sp³-hybridized carbons (Fsp3) is 0.350. The smallest absolute Gasteiger partial charge is 0.225 e. The zero-order valence-corrected chi connectivity index (χ0v) is 14.2. The van der Waals surface area contributed by atoms with Gasteiger partial charge < -0.3 is 10.6 Å². The van der Waals surface area contributed by atoms with Gasteiger partial charge >= 0.3 is 0 Å². The Balaban J connectivity index is 1.79. The number of rotatable bonds is 7. The Hall–Kier alpha value is -2.13. The van der Waals surface area contributed by atoms with E-state index in [-0.39, 0.29) is 5.91 Å². The summed E-state index contributed by atoms with van der Waals surface area (Å²) in [6.07, 6.45) is 0.471. The van der Waals surface area contributed by atoms with Gasteiger partial charge in [0.25, 0.3) is 0 Å². The largest absolute Gasteiger partial charge is 0.326 e. The van der Waals surface area contributed by atoms with Gasteiger partial charge in [-0.1, -0.05) is 56.3 Å². The summed E-state index contributed by atoms with van der Waals surface area (Å²) in [5.41, 5.74) is 4.65. The van der Waals surface area contributed by atoms with Crippen LogP contribution in [0.15, 0.2) is 48.5 Å². The molecule has 0 aliphatic rings. The minimum absolute atomic E-state index is 0.0513. The van der Waals surface area contributed by atoms with Crippen LogP contribution in [-0.4, -0.2) is 12.5 Å². The number of aryl methyl sites for hydroxylation is 1. The molecule has 0 heterocycles. The molecular weight excluding hydrogens is 284 g/mol. The topological polar surface area (TPSA) is 41.1 Å². The first kappa shape index (κ1) is 17.2. The van der Waals surface area contributed by atoms with E-state index in [0.29, 0.717) is 18.9 Å². The van der Waals surface area contributed by atoms with Crippen LogP contribution < -0.4 is 10.6 Å². The molecule has 0 radical (unpaired) electrons. The Morgan fingerprint density at radius 3 is 2.48 bits per heavy atom. The van der Waals surface area contributed by atoms with E-state index in [1.807, 2.05) is 30.3 Å². The van der Waals surface area contributed by atoms with Gasteiger partial charge in [0.05, 0.1) is 0 Å². The number of hydrogen-bond acceptors (Lipinski definition) is 2. The van der Waals surface area contributed by atoms with Gasteiger partial charge in [-0.2, -0.15) is 0 Å². The molecule has 2 aromatic carbocycles. The molecule has 0 spiro atoms. The van der Waals surface area contributed by atoms with Crippen LogP contribution in [0.25, 0.3) is 0 Å². The lowest BCUT2D eigenvalue weighted by atomic mass is 10.0. The average molecular weight is 310 g/mol. The first-order valence-corrected chi connectivity index (χ1v) is 8.22. The molecule has 0 atom stereocenters. The van der Waals surface area contributed by atoms with Crippen LogP contribution in [0.1, 0.15) is 42.9 Å². The van der Waals surface area contributed by atoms with E-state index in [2.05, 4.69) is 49.6 Å². The Morgan fingerprint density at radius 2 is 1.74 bits per heavy atom. The Labute approximate surface area is 139 Å². The van der Waals surface area contributed by atoms with Crippen molar-refractivity contribution in [1.29, 1.82) is 0 Å². The molecule has 2 aromatic rings. The van der Waals surface area contributed by atoms with Crippen molar-refractivity contribution in [2.24, 2.45) is 0 Å². The van der Waals surface area contributed by atoms with Gasteiger partial charge in [0.1, 0.15) is 0 Å². The number of para-hydroxylation sites is 1. The zero-order valence-electron chi connectivity index (χ0n) is 14.2. The Morgan fingerprint density at radius 1 is 1.04 bits per heavy atom. The molecule has 0 fully saturated rings. The predicted octanol–water partition coefficient (Wildman–Crippen LogP) is 4.24. The monoisotopic (exact) mass is 310 g/mol. The van der Waals surface area contributed by atoms with E-state index in [4.69, 9.17) is 0 Å². The van der Waals surface area contributed by atoms with Gasteiger partial charge in [0.15, 0.2) is 0 Å². The maximum absolute atomic E-state index is 12.1. The Kier molecular flexibility index (Phi) is 6.36. The van der Waals surface area contributed by atoms with Gasteiger partial charge in [0, 0.05) is 25.2 Å². The lowest BCUT2D eigenvalue weighted by Gasteiger charge is -2.14. The van der Waals surface area contributed by atoms with E-state index in [9.17, 15) is 4.79 Å². The molecule has 3 heteroatoms. The van der Waals surface area contributed by atoms with Crippen molar-refractivity contribution >= 4 is 11.6 Å². The van der Waals surface area contributed by atoms with Crippen molar-refractivity contribution in [1.82, 2.24) is 5.32 Å².